The van der Waals surface area contributed by atoms with Crippen LogP contribution in [0.15, 0.2) is 29.3 Å². The van der Waals surface area contributed by atoms with Crippen molar-refractivity contribution in [3.63, 3.8) is 0 Å². The Morgan fingerprint density at radius 1 is 1.29 bits per heavy atom. The Bertz CT molecular complexity index is 921. The van der Waals surface area contributed by atoms with E-state index < -0.39 is 0 Å². The number of aryl methyl sites for hydroxylation is 1. The molecule has 0 amide bonds. The molecule has 28 heavy (non-hydrogen) atoms. The van der Waals surface area contributed by atoms with Crippen LogP contribution in [0, 0.1) is 12.8 Å². The number of quaternary nitrogens is 1. The number of aliphatic imine (C=N–C) groups is 1. The van der Waals surface area contributed by atoms with E-state index in [4.69, 9.17) is 22.4 Å². The second-order valence-electron chi connectivity index (χ2n) is 8.16. The summed E-state index contributed by atoms with van der Waals surface area (Å²) in [6, 6.07) is 8.54. The highest BCUT2D eigenvalue weighted by molar-refractivity contribution is 7.16. The molecule has 6 nitrogen and oxygen atoms in total. The van der Waals surface area contributed by atoms with Crippen LogP contribution in [0.4, 0.5) is 5.13 Å². The summed E-state index contributed by atoms with van der Waals surface area (Å²) in [7, 11) is 8.19. The summed E-state index contributed by atoms with van der Waals surface area (Å²) in [6.07, 6.45) is 2.24. The first-order valence-electron chi connectivity index (χ1n) is 9.76. The number of methoxy groups -OCH3 is 1. The van der Waals surface area contributed by atoms with E-state index in [2.05, 4.69) is 17.2 Å². The summed E-state index contributed by atoms with van der Waals surface area (Å²) in [5.41, 5.74) is 1.80. The highest BCUT2D eigenvalue weighted by Crippen LogP contribution is 2.43. The van der Waals surface area contributed by atoms with Gasteiger partial charge in [0.2, 0.25) is 0 Å². The number of nitrogens with one attached hydrogen (secondary N) is 1. The molecule has 1 unspecified atom stereocenters. The van der Waals surface area contributed by atoms with Gasteiger partial charge in [0.25, 0.3) is 6.02 Å². The first kappa shape index (κ1) is 18.0. The Hall–Kier alpha value is -2.06. The third-order valence-electron chi connectivity index (χ3n) is 6.34. The number of anilines is 1. The number of ether oxygens (including phenoxy) is 2. The molecule has 1 N–H and O–H groups in total. The fraction of sp³-hybridized carbons (Fsp3) is 0.500. The van der Waals surface area contributed by atoms with Crippen molar-refractivity contribution in [1.29, 1.82) is 0 Å². The van der Waals surface area contributed by atoms with E-state index in [1.807, 2.05) is 24.3 Å². The molecule has 3 fully saturated rings. The van der Waals surface area contributed by atoms with Gasteiger partial charge in [-0.25, -0.2) is 18.0 Å². The van der Waals surface area contributed by atoms with Gasteiger partial charge in [0.1, 0.15) is 5.75 Å². The minimum atomic E-state index is -0.237. The molecular formula is C20H24BN4O2S. The SMILES string of the molecule is [B-][N+]12CCC(CC1)C1(CN=C(Nc3nc(-c4ccc(OC)cc4)c(C)s3)O1)C2. The highest BCUT2D eigenvalue weighted by Gasteiger charge is 2.54. The summed E-state index contributed by atoms with van der Waals surface area (Å²) in [5, 5.41) is 4.10. The summed E-state index contributed by atoms with van der Waals surface area (Å²) >= 11 is 1.61. The molecule has 6 rings (SSSR count). The van der Waals surface area contributed by atoms with Crippen LogP contribution < -0.4 is 10.1 Å². The van der Waals surface area contributed by atoms with Crippen molar-refractivity contribution in [2.45, 2.75) is 25.4 Å². The highest BCUT2D eigenvalue weighted by atomic mass is 32.1. The van der Waals surface area contributed by atoms with Crippen LogP contribution in [-0.4, -0.2) is 62.3 Å². The standard InChI is InChI=1S/C20H24BN4O2S/c1-13-17(14-3-5-16(26-2)6-4-14)23-19(28-13)24-18-22-11-20(27-18)12-25(21)9-7-15(20)8-10-25/h3-6,15H,7-12H2,1-2H3,(H,22,23,24). The van der Waals surface area contributed by atoms with Crippen LogP contribution in [0.2, 0.25) is 0 Å². The number of rotatable bonds is 3. The van der Waals surface area contributed by atoms with Gasteiger partial charge in [0, 0.05) is 29.4 Å². The third-order valence-corrected chi connectivity index (χ3v) is 7.22. The molecule has 4 aliphatic heterocycles. The fourth-order valence-corrected chi connectivity index (χ4v) is 5.63. The zero-order valence-electron chi connectivity index (χ0n) is 16.3. The predicted molar refractivity (Wildman–Crippen MR) is 112 cm³/mol. The van der Waals surface area contributed by atoms with Gasteiger partial charge in [0.05, 0.1) is 25.9 Å². The summed E-state index contributed by atoms with van der Waals surface area (Å²) in [6.45, 7) is 5.72. The summed E-state index contributed by atoms with van der Waals surface area (Å²) < 4.78 is 12.2. The van der Waals surface area contributed by atoms with Gasteiger partial charge in [-0.05, 0) is 44.0 Å². The molecule has 3 saturated heterocycles. The van der Waals surface area contributed by atoms with Crippen LogP contribution in [-0.2, 0) is 4.74 Å². The smallest absolute Gasteiger partial charge is 0.292 e. The molecule has 1 aromatic carbocycles. The molecule has 1 aromatic heterocycles. The quantitative estimate of drug-likeness (QED) is 0.812. The first-order valence-corrected chi connectivity index (χ1v) is 10.6. The van der Waals surface area contributed by atoms with E-state index in [1.165, 1.54) is 0 Å². The predicted octanol–water partition coefficient (Wildman–Crippen LogP) is 2.99. The lowest BCUT2D eigenvalue weighted by atomic mass is 9.72. The van der Waals surface area contributed by atoms with Crippen LogP contribution in [0.3, 0.4) is 0 Å². The molecule has 5 heterocycles. The van der Waals surface area contributed by atoms with Gasteiger partial charge in [-0.3, -0.25) is 5.32 Å². The Morgan fingerprint density at radius 2 is 2.04 bits per heavy atom. The lowest BCUT2D eigenvalue weighted by molar-refractivity contribution is -0.845. The van der Waals surface area contributed by atoms with Crippen molar-refractivity contribution in [3.8, 4) is 17.0 Å². The van der Waals surface area contributed by atoms with Gasteiger partial charge < -0.3 is 13.9 Å². The molecular weight excluding hydrogens is 371 g/mol. The largest absolute Gasteiger partial charge is 0.585 e. The molecule has 2 aromatic rings. The van der Waals surface area contributed by atoms with E-state index >= 15 is 0 Å². The molecule has 145 valence electrons. The van der Waals surface area contributed by atoms with Crippen LogP contribution in [0.5, 0.6) is 5.75 Å². The van der Waals surface area contributed by atoms with Crippen molar-refractivity contribution in [2.75, 3.05) is 38.6 Å². The molecule has 0 saturated carbocycles. The topological polar surface area (TPSA) is 55.7 Å². The maximum absolute atomic E-state index is 6.52. The number of nitrogens with zero attached hydrogens (tertiary/aromatic N) is 3. The molecule has 4 aliphatic rings. The van der Waals surface area contributed by atoms with Gasteiger partial charge in [-0.1, -0.05) is 0 Å². The molecule has 3 radical (unpaired) electrons. The minimum absolute atomic E-state index is 0.237. The second-order valence-corrected chi connectivity index (χ2v) is 9.37. The average Bonchev–Trinajstić information content (AvgIpc) is 3.25. The zero-order chi connectivity index (χ0) is 19.4. The molecule has 1 atom stereocenters. The molecule has 1 spiro atoms. The van der Waals surface area contributed by atoms with Crippen LogP contribution in [0.25, 0.3) is 11.3 Å². The van der Waals surface area contributed by atoms with E-state index in [0.717, 1.165) is 59.5 Å². The number of thiazole rings is 1. The number of hydrogen-bond acceptors (Lipinski definition) is 6. The lowest BCUT2D eigenvalue weighted by Crippen LogP contribution is -2.69. The lowest BCUT2D eigenvalue weighted by Gasteiger charge is -2.64. The summed E-state index contributed by atoms with van der Waals surface area (Å²) in [4.78, 5) is 10.6. The maximum Gasteiger partial charge on any atom is 0.292 e. The van der Waals surface area contributed by atoms with Crippen molar-refractivity contribution in [1.82, 2.24) is 4.98 Å². The number of hydrogen-bond donors (Lipinski definition) is 1. The Kier molecular flexibility index (Phi) is 4.17. The minimum Gasteiger partial charge on any atom is -0.585 e. The summed E-state index contributed by atoms with van der Waals surface area (Å²) in [5.74, 6) is 1.39. The van der Waals surface area contributed by atoms with E-state index in [9.17, 15) is 0 Å². The maximum atomic E-state index is 6.52. The van der Waals surface area contributed by atoms with Gasteiger partial charge in [0.15, 0.2) is 10.7 Å². The van der Waals surface area contributed by atoms with Crippen molar-refractivity contribution in [2.24, 2.45) is 10.9 Å². The Labute approximate surface area is 170 Å². The average molecular weight is 395 g/mol. The Morgan fingerprint density at radius 3 is 2.71 bits per heavy atom. The number of piperidine rings is 3. The number of aromatic nitrogens is 1. The zero-order valence-corrected chi connectivity index (χ0v) is 17.1. The molecule has 2 bridgehead atoms. The van der Waals surface area contributed by atoms with Gasteiger partial charge >= 0.3 is 0 Å². The van der Waals surface area contributed by atoms with Crippen LogP contribution in [0.1, 0.15) is 17.7 Å². The van der Waals surface area contributed by atoms with E-state index in [1.54, 1.807) is 18.4 Å². The number of benzene rings is 1. The van der Waals surface area contributed by atoms with Crippen molar-refractivity contribution >= 4 is 30.5 Å². The van der Waals surface area contributed by atoms with Gasteiger partial charge in [-0.2, -0.15) is 0 Å². The third kappa shape index (κ3) is 2.99. The molecule has 0 aliphatic carbocycles. The first-order chi connectivity index (χ1) is 13.5. The van der Waals surface area contributed by atoms with E-state index in [-0.39, 0.29) is 5.60 Å². The van der Waals surface area contributed by atoms with Crippen LogP contribution >= 0.6 is 11.3 Å². The normalized spacial score (nSPS) is 31.0. The van der Waals surface area contributed by atoms with Crippen molar-refractivity contribution < 1.29 is 13.9 Å². The van der Waals surface area contributed by atoms with Crippen molar-refractivity contribution in [3.05, 3.63) is 29.1 Å². The van der Waals surface area contributed by atoms with Gasteiger partial charge in [-0.15, -0.1) is 11.3 Å². The van der Waals surface area contributed by atoms with E-state index in [0.29, 0.717) is 22.9 Å². The molecule has 8 heteroatoms. The monoisotopic (exact) mass is 395 g/mol. The Balaban J connectivity index is 1.31. The number of amidine groups is 1. The number of fused-ring (bicyclic) bond motifs is 2. The second kappa shape index (κ2) is 6.49. The fourth-order valence-electron chi connectivity index (χ4n) is 4.81.